The van der Waals surface area contributed by atoms with Crippen LogP contribution in [0, 0.1) is 5.92 Å². The molecule has 13 heteroatoms. The third kappa shape index (κ3) is 10.3. The minimum atomic E-state index is -1.42. The average Bonchev–Trinajstić information content (AvgIpc) is 3.60. The second-order valence-corrected chi connectivity index (χ2v) is 12.8. The van der Waals surface area contributed by atoms with E-state index < -0.39 is 72.0 Å². The Bertz CT molecular complexity index is 1410. The Kier molecular flexibility index (Phi) is 12.9. The van der Waals surface area contributed by atoms with E-state index in [2.05, 4.69) is 26.6 Å². The number of nitrogens with one attached hydrogen (secondary N) is 5. The van der Waals surface area contributed by atoms with Gasteiger partial charge >= 0.3 is 0 Å². The number of carbonyl (C=O) groups excluding carboxylic acids is 5. The van der Waals surface area contributed by atoms with Gasteiger partial charge in [-0.2, -0.15) is 0 Å². The fourth-order valence-corrected chi connectivity index (χ4v) is 5.59. The quantitative estimate of drug-likeness (QED) is 0.241. The lowest BCUT2D eigenvalue weighted by molar-refractivity contribution is -0.137. The minimum Gasteiger partial charge on any atom is -0.491 e. The Labute approximate surface area is 280 Å². The van der Waals surface area contributed by atoms with E-state index in [9.17, 15) is 29.1 Å². The van der Waals surface area contributed by atoms with Gasteiger partial charge in [-0.3, -0.25) is 24.0 Å². The van der Waals surface area contributed by atoms with Crippen LogP contribution in [0.1, 0.15) is 51.7 Å². The van der Waals surface area contributed by atoms with E-state index in [1.807, 2.05) is 30.3 Å². The Morgan fingerprint density at radius 1 is 0.875 bits per heavy atom. The van der Waals surface area contributed by atoms with E-state index in [0.717, 1.165) is 17.5 Å². The highest BCUT2D eigenvalue weighted by molar-refractivity contribution is 5.96. The highest BCUT2D eigenvalue weighted by Crippen LogP contribution is 2.17. The smallest absolute Gasteiger partial charge is 0.249 e. The molecule has 1 fully saturated rings. The lowest BCUT2D eigenvalue weighted by atomic mass is 10.0. The number of amides is 5. The van der Waals surface area contributed by atoms with Crippen LogP contribution in [0.15, 0.2) is 54.6 Å². The molecule has 0 aliphatic carbocycles. The highest BCUT2D eigenvalue weighted by Gasteiger charge is 2.34. The molecule has 5 rings (SSSR count). The molecule has 48 heavy (non-hydrogen) atoms. The van der Waals surface area contributed by atoms with Crippen molar-refractivity contribution in [2.24, 2.45) is 5.92 Å². The van der Waals surface area contributed by atoms with Gasteiger partial charge in [0.05, 0.1) is 12.1 Å². The van der Waals surface area contributed by atoms with Crippen molar-refractivity contribution < 1.29 is 38.6 Å². The molecule has 7 atom stereocenters. The van der Waals surface area contributed by atoms with Gasteiger partial charge in [0.1, 0.15) is 42.6 Å². The fourth-order valence-electron chi connectivity index (χ4n) is 5.59. The lowest BCUT2D eigenvalue weighted by Gasteiger charge is -2.29. The number of hydrogen-bond acceptors (Lipinski definition) is 8. The molecule has 2 aromatic carbocycles. The van der Waals surface area contributed by atoms with Crippen molar-refractivity contribution in [3.05, 3.63) is 65.7 Å². The van der Waals surface area contributed by atoms with Crippen molar-refractivity contribution in [1.29, 1.82) is 0 Å². The second kappa shape index (κ2) is 17.1. The number of rotatable bonds is 6. The first kappa shape index (κ1) is 36.3. The molecule has 0 unspecified atom stereocenters. The molecule has 3 heterocycles. The molecule has 260 valence electrons. The number of fused-ring (bicyclic) bond motifs is 17. The SMILES string of the molecule is CC(C)[C@H]1NC(=O)[C@H]([C@@H](C)O)NC(=O)[C@@H](C)NC(=O)[C@@H](NC(=O)[C@@H]2CCCO2)Cc2ccc(cc2)OC[C@H](Cc2ccccc2)NC1=O. The van der Waals surface area contributed by atoms with Crippen LogP contribution < -0.4 is 31.3 Å². The topological polar surface area (TPSA) is 184 Å². The molecule has 6 N–H and O–H groups in total. The summed E-state index contributed by atoms with van der Waals surface area (Å²) in [4.78, 5) is 66.7. The Morgan fingerprint density at radius 2 is 1.54 bits per heavy atom. The van der Waals surface area contributed by atoms with Crippen LogP contribution in [-0.4, -0.2) is 90.3 Å². The van der Waals surface area contributed by atoms with E-state index in [1.54, 1.807) is 38.1 Å². The summed E-state index contributed by atoms with van der Waals surface area (Å²) in [5.74, 6) is -2.80. The molecule has 0 spiro atoms. The molecule has 3 aliphatic rings. The first-order valence-electron chi connectivity index (χ1n) is 16.5. The number of aliphatic hydroxyl groups excluding tert-OH is 1. The standard InChI is InChI=1S/C35H47N5O8/c1-20(2)29-34(45)37-25(17-23-9-6-5-7-10-23)19-48-26-14-12-24(13-15-26)18-27(38-33(44)28-11-8-16-47-28)32(43)36-21(3)31(42)40-30(22(4)41)35(46)39-29/h5-7,9-10,12-15,20-22,25,27-30,41H,8,11,16-19H2,1-4H3,(H,36,43)(H,37,45)(H,38,44)(H,39,46)(H,40,42)/t21-,22-,25+,27+,28+,29-,30+/m1/s1. The van der Waals surface area contributed by atoms with Gasteiger partial charge in [-0.05, 0) is 62.3 Å². The summed E-state index contributed by atoms with van der Waals surface area (Å²) in [6.07, 6.45) is -0.155. The molecule has 13 nitrogen and oxygen atoms in total. The van der Waals surface area contributed by atoms with Crippen LogP contribution in [0.2, 0.25) is 0 Å². The van der Waals surface area contributed by atoms with Crippen LogP contribution in [0.5, 0.6) is 5.75 Å². The molecule has 2 aromatic rings. The molecule has 0 radical (unpaired) electrons. The lowest BCUT2D eigenvalue weighted by Crippen LogP contribution is -2.61. The summed E-state index contributed by atoms with van der Waals surface area (Å²) in [6.45, 7) is 6.89. The zero-order valence-corrected chi connectivity index (χ0v) is 27.9. The van der Waals surface area contributed by atoms with Crippen molar-refractivity contribution in [2.75, 3.05) is 13.2 Å². The summed E-state index contributed by atoms with van der Waals surface area (Å²) in [6, 6.07) is 11.6. The molecule has 0 saturated carbocycles. The molecule has 1 saturated heterocycles. The van der Waals surface area contributed by atoms with E-state index in [-0.39, 0.29) is 18.9 Å². The van der Waals surface area contributed by atoms with Crippen LogP contribution in [0.4, 0.5) is 0 Å². The maximum Gasteiger partial charge on any atom is 0.249 e. The van der Waals surface area contributed by atoms with Gasteiger partial charge in [-0.25, -0.2) is 0 Å². The number of hydrogen-bond donors (Lipinski definition) is 6. The third-order valence-electron chi connectivity index (χ3n) is 8.40. The Hall–Kier alpha value is -4.49. The number of carbonyl (C=O) groups is 5. The number of aliphatic hydroxyl groups is 1. The monoisotopic (exact) mass is 665 g/mol. The summed E-state index contributed by atoms with van der Waals surface area (Å²) in [5, 5.41) is 24.0. The number of ether oxygens (including phenoxy) is 2. The maximum absolute atomic E-state index is 13.6. The predicted molar refractivity (Wildman–Crippen MR) is 177 cm³/mol. The fraction of sp³-hybridized carbons (Fsp3) is 0.514. The Balaban J connectivity index is 1.64. The largest absolute Gasteiger partial charge is 0.491 e. The summed E-state index contributed by atoms with van der Waals surface area (Å²) >= 11 is 0. The summed E-state index contributed by atoms with van der Waals surface area (Å²) < 4.78 is 11.6. The van der Waals surface area contributed by atoms with Gasteiger partial charge in [-0.1, -0.05) is 56.3 Å². The molecular formula is C35H47N5O8. The molecule has 5 amide bonds. The van der Waals surface area contributed by atoms with Crippen molar-refractivity contribution in [3.63, 3.8) is 0 Å². The van der Waals surface area contributed by atoms with Crippen molar-refractivity contribution in [3.8, 4) is 5.75 Å². The summed E-state index contributed by atoms with van der Waals surface area (Å²) in [5.41, 5.74) is 1.70. The van der Waals surface area contributed by atoms with Crippen LogP contribution in [-0.2, 0) is 41.6 Å². The first-order chi connectivity index (χ1) is 22.9. The zero-order chi connectivity index (χ0) is 34.8. The van der Waals surface area contributed by atoms with Crippen LogP contribution in [0.3, 0.4) is 0 Å². The van der Waals surface area contributed by atoms with Gasteiger partial charge in [0.2, 0.25) is 29.5 Å². The minimum absolute atomic E-state index is 0.112. The predicted octanol–water partition coefficient (Wildman–Crippen LogP) is 0.524. The normalized spacial score (nSPS) is 26.8. The Morgan fingerprint density at radius 3 is 2.17 bits per heavy atom. The van der Waals surface area contributed by atoms with Gasteiger partial charge in [0.15, 0.2) is 0 Å². The van der Waals surface area contributed by atoms with Crippen LogP contribution >= 0.6 is 0 Å². The van der Waals surface area contributed by atoms with Gasteiger partial charge in [0, 0.05) is 13.0 Å². The van der Waals surface area contributed by atoms with E-state index in [0.29, 0.717) is 25.2 Å². The maximum atomic E-state index is 13.6. The van der Waals surface area contributed by atoms with Gasteiger partial charge < -0.3 is 41.2 Å². The molecular weight excluding hydrogens is 618 g/mol. The number of benzene rings is 2. The van der Waals surface area contributed by atoms with Crippen molar-refractivity contribution >= 4 is 29.5 Å². The first-order valence-corrected chi connectivity index (χ1v) is 16.5. The van der Waals surface area contributed by atoms with Gasteiger partial charge in [-0.15, -0.1) is 0 Å². The van der Waals surface area contributed by atoms with E-state index >= 15 is 0 Å². The zero-order valence-electron chi connectivity index (χ0n) is 27.9. The third-order valence-corrected chi connectivity index (χ3v) is 8.40. The van der Waals surface area contributed by atoms with Crippen molar-refractivity contribution in [1.82, 2.24) is 26.6 Å². The van der Waals surface area contributed by atoms with Crippen molar-refractivity contribution in [2.45, 2.75) is 95.8 Å². The van der Waals surface area contributed by atoms with Gasteiger partial charge in [0.25, 0.3) is 0 Å². The molecule has 0 aromatic heterocycles. The summed E-state index contributed by atoms with van der Waals surface area (Å²) in [7, 11) is 0. The molecule has 3 aliphatic heterocycles. The van der Waals surface area contributed by atoms with Crippen LogP contribution in [0.25, 0.3) is 0 Å². The average molecular weight is 666 g/mol. The molecule has 2 bridgehead atoms. The van der Waals surface area contributed by atoms with E-state index in [4.69, 9.17) is 9.47 Å². The highest BCUT2D eigenvalue weighted by atomic mass is 16.5. The second-order valence-electron chi connectivity index (χ2n) is 12.8. The van der Waals surface area contributed by atoms with E-state index in [1.165, 1.54) is 13.8 Å².